The second kappa shape index (κ2) is 9.46. The SMILES string of the molecule is CCCCCN1CC=C[C@]23O[C@@]4(CC)C=CCN(C)C(=O)[C@H]4[C@H]2C(=O)N([C@@H](CC)CO)C3C1=O. The molecule has 4 aliphatic heterocycles. The maximum absolute atomic E-state index is 14.1. The summed E-state index contributed by atoms with van der Waals surface area (Å²) in [7, 11) is 1.74. The summed E-state index contributed by atoms with van der Waals surface area (Å²) < 4.78 is 6.87. The number of carbonyl (C=O) groups excluding carboxylic acids is 3. The van der Waals surface area contributed by atoms with E-state index < -0.39 is 35.1 Å². The molecule has 0 saturated carbocycles. The van der Waals surface area contributed by atoms with Gasteiger partial charge in [0, 0.05) is 26.7 Å². The first-order valence-corrected chi connectivity index (χ1v) is 12.8. The molecule has 8 heteroatoms. The topological polar surface area (TPSA) is 90.4 Å². The maximum atomic E-state index is 14.1. The molecular weight excluding hydrogens is 434 g/mol. The number of likely N-dealkylation sites (N-methyl/N-ethyl adjacent to an activating group) is 1. The molecule has 0 radical (unpaired) electrons. The molecule has 0 aromatic rings. The Balaban J connectivity index is 1.86. The molecule has 34 heavy (non-hydrogen) atoms. The number of aliphatic hydroxyl groups excluding tert-OH is 1. The number of fused-ring (bicyclic) bond motifs is 2. The van der Waals surface area contributed by atoms with E-state index in [0.29, 0.717) is 32.5 Å². The number of amides is 3. The van der Waals surface area contributed by atoms with Crippen molar-refractivity contribution in [1.29, 1.82) is 0 Å². The zero-order chi connectivity index (χ0) is 24.7. The van der Waals surface area contributed by atoms with E-state index in [1.807, 2.05) is 38.2 Å². The zero-order valence-corrected chi connectivity index (χ0v) is 20.9. The lowest BCUT2D eigenvalue weighted by Gasteiger charge is -2.40. The minimum Gasteiger partial charge on any atom is -0.394 e. The number of ether oxygens (including phenoxy) is 1. The van der Waals surface area contributed by atoms with E-state index in [0.717, 1.165) is 19.3 Å². The molecule has 3 amide bonds. The fourth-order valence-electron chi connectivity index (χ4n) is 6.43. The first-order chi connectivity index (χ1) is 16.3. The number of rotatable bonds is 8. The number of nitrogens with zero attached hydrogens (tertiary/aromatic N) is 3. The summed E-state index contributed by atoms with van der Waals surface area (Å²) in [6.45, 7) is 7.25. The predicted molar refractivity (Wildman–Crippen MR) is 128 cm³/mol. The van der Waals surface area contributed by atoms with Gasteiger partial charge in [0.1, 0.15) is 11.6 Å². The van der Waals surface area contributed by atoms with E-state index in [1.54, 1.807) is 21.7 Å². The van der Waals surface area contributed by atoms with Crippen LogP contribution in [0.25, 0.3) is 0 Å². The maximum Gasteiger partial charge on any atom is 0.249 e. The summed E-state index contributed by atoms with van der Waals surface area (Å²) in [5.41, 5.74) is -2.19. The average molecular weight is 474 g/mol. The van der Waals surface area contributed by atoms with E-state index in [9.17, 15) is 19.5 Å². The third-order valence-corrected chi connectivity index (χ3v) is 8.27. The third-order valence-electron chi connectivity index (χ3n) is 8.27. The second-order valence-corrected chi connectivity index (χ2v) is 10.1. The Labute approximate surface area is 202 Å². The van der Waals surface area contributed by atoms with Gasteiger partial charge in [-0.3, -0.25) is 14.4 Å². The van der Waals surface area contributed by atoms with Crippen molar-refractivity contribution >= 4 is 17.7 Å². The van der Waals surface area contributed by atoms with Gasteiger partial charge >= 0.3 is 0 Å². The number of unbranched alkanes of at least 4 members (excludes halogenated alkanes) is 2. The van der Waals surface area contributed by atoms with Crippen LogP contribution in [-0.2, 0) is 19.1 Å². The van der Waals surface area contributed by atoms with Crippen LogP contribution < -0.4 is 0 Å². The summed E-state index contributed by atoms with van der Waals surface area (Å²) >= 11 is 0. The number of likely N-dealkylation sites (tertiary alicyclic amines) is 1. The van der Waals surface area contributed by atoms with E-state index in [4.69, 9.17) is 4.74 Å². The largest absolute Gasteiger partial charge is 0.394 e. The van der Waals surface area contributed by atoms with Crippen molar-refractivity contribution in [3.63, 3.8) is 0 Å². The Kier molecular flexibility index (Phi) is 6.93. The van der Waals surface area contributed by atoms with Crippen LogP contribution in [0.3, 0.4) is 0 Å². The van der Waals surface area contributed by atoms with Gasteiger partial charge in [-0.15, -0.1) is 0 Å². The fourth-order valence-corrected chi connectivity index (χ4v) is 6.43. The van der Waals surface area contributed by atoms with Gasteiger partial charge in [0.15, 0.2) is 0 Å². The van der Waals surface area contributed by atoms with Crippen molar-refractivity contribution in [2.45, 2.75) is 76.2 Å². The Bertz CT molecular complexity index is 884. The molecule has 188 valence electrons. The monoisotopic (exact) mass is 473 g/mol. The third kappa shape index (κ3) is 3.52. The van der Waals surface area contributed by atoms with Gasteiger partial charge < -0.3 is 24.5 Å². The lowest BCUT2D eigenvalue weighted by Crippen LogP contribution is -2.58. The Morgan fingerprint density at radius 2 is 1.76 bits per heavy atom. The molecule has 0 aliphatic carbocycles. The molecule has 1 spiro atoms. The lowest BCUT2D eigenvalue weighted by atomic mass is 9.73. The summed E-state index contributed by atoms with van der Waals surface area (Å²) in [6.07, 6.45) is 11.7. The van der Waals surface area contributed by atoms with Crippen LogP contribution in [-0.4, -0.2) is 94.1 Å². The second-order valence-electron chi connectivity index (χ2n) is 10.1. The van der Waals surface area contributed by atoms with Crippen LogP contribution in [0.5, 0.6) is 0 Å². The predicted octanol–water partition coefficient (Wildman–Crippen LogP) is 1.74. The van der Waals surface area contributed by atoms with Gasteiger partial charge in [0.25, 0.3) is 0 Å². The van der Waals surface area contributed by atoms with Crippen molar-refractivity contribution in [3.8, 4) is 0 Å². The molecule has 1 N–H and O–H groups in total. The van der Waals surface area contributed by atoms with Crippen molar-refractivity contribution in [3.05, 3.63) is 24.3 Å². The molecule has 0 aromatic heterocycles. The smallest absolute Gasteiger partial charge is 0.249 e. The summed E-state index contributed by atoms with van der Waals surface area (Å²) in [5, 5.41) is 10.2. The van der Waals surface area contributed by atoms with Gasteiger partial charge in [-0.05, 0) is 19.3 Å². The van der Waals surface area contributed by atoms with Crippen LogP contribution >= 0.6 is 0 Å². The molecule has 2 saturated heterocycles. The summed E-state index contributed by atoms with van der Waals surface area (Å²) in [6, 6.07) is -1.41. The lowest BCUT2D eigenvalue weighted by molar-refractivity contribution is -0.157. The Hall–Kier alpha value is -2.19. The molecule has 4 heterocycles. The fraction of sp³-hybridized carbons (Fsp3) is 0.731. The van der Waals surface area contributed by atoms with Gasteiger partial charge in [-0.1, -0.05) is 57.9 Å². The van der Waals surface area contributed by atoms with Gasteiger partial charge in [-0.2, -0.15) is 0 Å². The molecule has 6 atom stereocenters. The quantitative estimate of drug-likeness (QED) is 0.428. The zero-order valence-electron chi connectivity index (χ0n) is 20.9. The van der Waals surface area contributed by atoms with Crippen LogP contribution in [0.2, 0.25) is 0 Å². The molecule has 4 aliphatic rings. The van der Waals surface area contributed by atoms with Crippen molar-refractivity contribution < 1.29 is 24.2 Å². The Morgan fingerprint density at radius 3 is 2.41 bits per heavy atom. The van der Waals surface area contributed by atoms with Crippen LogP contribution in [0.1, 0.15) is 52.9 Å². The molecule has 0 bridgehead atoms. The first kappa shape index (κ1) is 24.9. The molecule has 0 aromatic carbocycles. The average Bonchev–Trinajstić information content (AvgIpc) is 3.13. The number of carbonyl (C=O) groups is 3. The van der Waals surface area contributed by atoms with E-state index >= 15 is 0 Å². The van der Waals surface area contributed by atoms with Gasteiger partial charge in [0.05, 0.1) is 30.1 Å². The molecule has 1 unspecified atom stereocenters. The van der Waals surface area contributed by atoms with Crippen molar-refractivity contribution in [2.24, 2.45) is 11.8 Å². The first-order valence-electron chi connectivity index (χ1n) is 12.8. The highest BCUT2D eigenvalue weighted by molar-refractivity contribution is 6.00. The van der Waals surface area contributed by atoms with Crippen LogP contribution in [0, 0.1) is 11.8 Å². The minimum atomic E-state index is -1.24. The number of hydrogen-bond acceptors (Lipinski definition) is 5. The van der Waals surface area contributed by atoms with Crippen molar-refractivity contribution in [1.82, 2.24) is 14.7 Å². The molecular formula is C26H39N3O5. The summed E-state index contributed by atoms with van der Waals surface area (Å²) in [5.74, 6) is -2.09. The summed E-state index contributed by atoms with van der Waals surface area (Å²) in [4.78, 5) is 46.9. The number of hydrogen-bond donors (Lipinski definition) is 1. The van der Waals surface area contributed by atoms with E-state index in [1.165, 1.54) is 0 Å². The normalized spacial score (nSPS) is 35.9. The highest BCUT2D eigenvalue weighted by Crippen LogP contribution is 2.58. The molecule has 8 nitrogen and oxygen atoms in total. The van der Waals surface area contributed by atoms with Crippen molar-refractivity contribution in [2.75, 3.05) is 33.3 Å². The standard InChI is InChI=1S/C26H39N3O5/c1-5-8-9-15-28-16-11-13-26-20(23(32)29(18(6-2)17-30)21(26)24(28)33)19-22(31)27(4)14-10-12-25(19,7-3)34-26/h10-13,18-21,30H,5-9,14-17H2,1-4H3/t18-,19+,20-,21?,25-,26-/m0/s1. The minimum absolute atomic E-state index is 0.135. The van der Waals surface area contributed by atoms with Crippen LogP contribution in [0.4, 0.5) is 0 Å². The Morgan fingerprint density at radius 1 is 1.03 bits per heavy atom. The van der Waals surface area contributed by atoms with E-state index in [2.05, 4.69) is 6.92 Å². The highest BCUT2D eigenvalue weighted by atomic mass is 16.5. The van der Waals surface area contributed by atoms with Crippen LogP contribution in [0.15, 0.2) is 24.3 Å². The highest BCUT2D eigenvalue weighted by Gasteiger charge is 2.75. The number of aliphatic hydroxyl groups is 1. The molecule has 4 rings (SSSR count). The van der Waals surface area contributed by atoms with E-state index in [-0.39, 0.29) is 24.3 Å². The van der Waals surface area contributed by atoms with Gasteiger partial charge in [0.2, 0.25) is 17.7 Å². The van der Waals surface area contributed by atoms with Gasteiger partial charge in [-0.25, -0.2) is 0 Å². The molecule has 2 fully saturated rings.